The first-order valence-electron chi connectivity index (χ1n) is 5.40. The normalized spacial score (nSPS) is 12.5. The van der Waals surface area contributed by atoms with Crippen LogP contribution >= 0.6 is 34.2 Å². The molecule has 0 radical (unpaired) electrons. The van der Waals surface area contributed by atoms with E-state index in [1.807, 2.05) is 25.1 Å². The van der Waals surface area contributed by atoms with Crippen molar-refractivity contribution in [1.82, 2.24) is 5.32 Å². The number of hydrogen-bond acceptors (Lipinski definition) is 1. The minimum atomic E-state index is 0.200. The lowest BCUT2D eigenvalue weighted by atomic mass is 10.0. The van der Waals surface area contributed by atoms with Crippen molar-refractivity contribution >= 4 is 34.2 Å². The fraction of sp³-hybridized carbons (Fsp3) is 0.385. The summed E-state index contributed by atoms with van der Waals surface area (Å²) in [4.78, 5) is 0. The van der Waals surface area contributed by atoms with Crippen LogP contribution in [-0.2, 0) is 0 Å². The summed E-state index contributed by atoms with van der Waals surface area (Å²) >= 11 is 8.38. The lowest BCUT2D eigenvalue weighted by Crippen LogP contribution is -2.23. The van der Waals surface area contributed by atoms with Crippen molar-refractivity contribution in [2.45, 2.75) is 26.3 Å². The number of hydrogen-bond donors (Lipinski definition) is 1. The van der Waals surface area contributed by atoms with E-state index in [0.29, 0.717) is 0 Å². The number of benzene rings is 1. The van der Waals surface area contributed by atoms with E-state index in [4.69, 9.17) is 11.6 Å². The molecule has 0 aliphatic heterocycles. The van der Waals surface area contributed by atoms with E-state index < -0.39 is 0 Å². The van der Waals surface area contributed by atoms with Crippen molar-refractivity contribution in [3.63, 3.8) is 0 Å². The van der Waals surface area contributed by atoms with Crippen LogP contribution in [-0.4, -0.2) is 6.54 Å². The van der Waals surface area contributed by atoms with Crippen molar-refractivity contribution in [3.05, 3.63) is 44.5 Å². The van der Waals surface area contributed by atoms with E-state index in [9.17, 15) is 0 Å². The Labute approximate surface area is 116 Å². The summed E-state index contributed by atoms with van der Waals surface area (Å²) in [5, 5.41) is 4.27. The monoisotopic (exact) mass is 349 g/mol. The molecule has 1 aromatic carbocycles. The van der Waals surface area contributed by atoms with Crippen LogP contribution < -0.4 is 5.32 Å². The summed E-state index contributed by atoms with van der Waals surface area (Å²) in [6, 6.07) is 6.18. The second-order valence-electron chi connectivity index (χ2n) is 3.90. The molecule has 0 heterocycles. The predicted molar refractivity (Wildman–Crippen MR) is 80.0 cm³/mol. The maximum absolute atomic E-state index is 6.04. The van der Waals surface area contributed by atoms with Gasteiger partial charge in [-0.1, -0.05) is 30.7 Å². The Kier molecular flexibility index (Phi) is 5.79. The highest BCUT2D eigenvalue weighted by Crippen LogP contribution is 2.27. The van der Waals surface area contributed by atoms with Crippen molar-refractivity contribution in [3.8, 4) is 0 Å². The Balaban J connectivity index is 3.00. The molecule has 0 aliphatic carbocycles. The molecule has 0 saturated heterocycles. The van der Waals surface area contributed by atoms with E-state index in [-0.39, 0.29) is 6.04 Å². The Morgan fingerprint density at radius 1 is 1.56 bits per heavy atom. The molecule has 0 aromatic heterocycles. The van der Waals surface area contributed by atoms with Crippen LogP contribution in [0, 0.1) is 3.57 Å². The summed E-state index contributed by atoms with van der Waals surface area (Å²) in [5.74, 6) is 0. The molecule has 0 spiro atoms. The first-order chi connectivity index (χ1) is 7.56. The lowest BCUT2D eigenvalue weighted by Gasteiger charge is -2.20. The zero-order valence-electron chi connectivity index (χ0n) is 9.69. The second-order valence-corrected chi connectivity index (χ2v) is 5.50. The van der Waals surface area contributed by atoms with Gasteiger partial charge < -0.3 is 5.32 Å². The van der Waals surface area contributed by atoms with Crippen LogP contribution in [0.3, 0.4) is 0 Å². The average molecular weight is 350 g/mol. The van der Waals surface area contributed by atoms with Gasteiger partial charge in [-0.3, -0.25) is 0 Å². The highest BCUT2D eigenvalue weighted by atomic mass is 127. The van der Waals surface area contributed by atoms with Crippen molar-refractivity contribution < 1.29 is 0 Å². The Morgan fingerprint density at radius 3 is 2.81 bits per heavy atom. The molecule has 0 amide bonds. The largest absolute Gasteiger partial charge is 0.307 e. The van der Waals surface area contributed by atoms with Gasteiger partial charge in [0.15, 0.2) is 0 Å². The molecule has 16 heavy (non-hydrogen) atoms. The van der Waals surface area contributed by atoms with Gasteiger partial charge in [-0.25, -0.2) is 0 Å². The van der Waals surface area contributed by atoms with Gasteiger partial charge in [-0.2, -0.15) is 0 Å². The van der Waals surface area contributed by atoms with Crippen LogP contribution in [0.25, 0.3) is 0 Å². The molecule has 0 bridgehead atoms. The third-order valence-electron chi connectivity index (χ3n) is 2.36. The number of rotatable bonds is 5. The third-order valence-corrected chi connectivity index (χ3v) is 3.58. The van der Waals surface area contributed by atoms with Crippen LogP contribution in [0.5, 0.6) is 0 Å². The van der Waals surface area contributed by atoms with Crippen LogP contribution in [0.15, 0.2) is 30.4 Å². The highest BCUT2D eigenvalue weighted by Gasteiger charge is 2.14. The molecule has 0 fully saturated rings. The van der Waals surface area contributed by atoms with E-state index in [1.54, 1.807) is 0 Å². The molecular weight excluding hydrogens is 333 g/mol. The molecule has 88 valence electrons. The van der Waals surface area contributed by atoms with Gasteiger partial charge in [0.1, 0.15) is 0 Å². The molecule has 3 heteroatoms. The summed E-state index contributed by atoms with van der Waals surface area (Å²) < 4.78 is 1.22. The van der Waals surface area contributed by atoms with Gasteiger partial charge in [0.2, 0.25) is 0 Å². The molecule has 1 aromatic rings. The van der Waals surface area contributed by atoms with Crippen LogP contribution in [0.4, 0.5) is 0 Å². The molecule has 0 saturated carbocycles. The molecule has 1 N–H and O–H groups in total. The zero-order valence-corrected chi connectivity index (χ0v) is 12.6. The third kappa shape index (κ3) is 3.75. The Bertz CT molecular complexity index is 376. The van der Waals surface area contributed by atoms with E-state index in [2.05, 4.69) is 41.4 Å². The average Bonchev–Trinajstić information content (AvgIpc) is 2.23. The summed E-state index contributed by atoms with van der Waals surface area (Å²) in [5.41, 5.74) is 2.34. The summed E-state index contributed by atoms with van der Waals surface area (Å²) in [6.45, 7) is 9.24. The SMILES string of the molecule is C=C(C)C(NCCC)c1cc(Cl)ccc1I. The minimum absolute atomic E-state index is 0.200. The molecule has 1 rings (SSSR count). The van der Waals surface area contributed by atoms with E-state index in [0.717, 1.165) is 23.6 Å². The van der Waals surface area contributed by atoms with Gasteiger partial charge in [-0.15, -0.1) is 0 Å². The fourth-order valence-electron chi connectivity index (χ4n) is 1.57. The second kappa shape index (κ2) is 6.62. The zero-order chi connectivity index (χ0) is 12.1. The van der Waals surface area contributed by atoms with Crippen molar-refractivity contribution in [2.75, 3.05) is 6.54 Å². The van der Waals surface area contributed by atoms with Gasteiger partial charge >= 0.3 is 0 Å². The predicted octanol–water partition coefficient (Wildman–Crippen LogP) is 4.56. The Hall–Kier alpha value is -0.0600. The van der Waals surface area contributed by atoms with Crippen LogP contribution in [0.2, 0.25) is 5.02 Å². The lowest BCUT2D eigenvalue weighted by molar-refractivity contribution is 0.589. The molecule has 1 unspecified atom stereocenters. The van der Waals surface area contributed by atoms with Crippen molar-refractivity contribution in [1.29, 1.82) is 0 Å². The maximum atomic E-state index is 6.04. The van der Waals surface area contributed by atoms with Gasteiger partial charge in [0, 0.05) is 8.59 Å². The summed E-state index contributed by atoms with van der Waals surface area (Å²) in [7, 11) is 0. The fourth-order valence-corrected chi connectivity index (χ4v) is 2.40. The quantitative estimate of drug-likeness (QED) is 0.607. The molecular formula is C13H17ClIN. The summed E-state index contributed by atoms with van der Waals surface area (Å²) in [6.07, 6.45) is 1.11. The standard InChI is InChI=1S/C13H17ClIN/c1-4-7-16-13(9(2)3)11-8-10(14)5-6-12(11)15/h5-6,8,13,16H,2,4,7H2,1,3H3. The molecule has 0 aliphatic rings. The highest BCUT2D eigenvalue weighted by molar-refractivity contribution is 14.1. The van der Waals surface area contributed by atoms with E-state index in [1.165, 1.54) is 9.13 Å². The molecule has 1 atom stereocenters. The molecule has 1 nitrogen and oxygen atoms in total. The van der Waals surface area contributed by atoms with Gasteiger partial charge in [0.25, 0.3) is 0 Å². The smallest absolute Gasteiger partial charge is 0.0541 e. The minimum Gasteiger partial charge on any atom is -0.307 e. The topological polar surface area (TPSA) is 12.0 Å². The van der Waals surface area contributed by atoms with Gasteiger partial charge in [-0.05, 0) is 66.2 Å². The van der Waals surface area contributed by atoms with Gasteiger partial charge in [0.05, 0.1) is 6.04 Å². The van der Waals surface area contributed by atoms with Crippen molar-refractivity contribution in [2.24, 2.45) is 0 Å². The maximum Gasteiger partial charge on any atom is 0.0541 e. The van der Waals surface area contributed by atoms with Crippen LogP contribution in [0.1, 0.15) is 31.9 Å². The first kappa shape index (κ1) is 14.0. The van der Waals surface area contributed by atoms with E-state index >= 15 is 0 Å². The Morgan fingerprint density at radius 2 is 2.25 bits per heavy atom. The number of halogens is 2. The first-order valence-corrected chi connectivity index (χ1v) is 6.85. The number of nitrogens with one attached hydrogen (secondary N) is 1.